The summed E-state index contributed by atoms with van der Waals surface area (Å²) in [5, 5.41) is 12.3. The lowest BCUT2D eigenvalue weighted by Gasteiger charge is -2.21. The summed E-state index contributed by atoms with van der Waals surface area (Å²) < 4.78 is 6.55. The van der Waals surface area contributed by atoms with Crippen LogP contribution in [0.3, 0.4) is 0 Å². The average Bonchev–Trinajstić information content (AvgIpc) is 2.47. The van der Waals surface area contributed by atoms with Crippen LogP contribution in [0.4, 0.5) is 0 Å². The van der Waals surface area contributed by atoms with Gasteiger partial charge in [0.2, 0.25) is 11.3 Å². The van der Waals surface area contributed by atoms with Crippen LogP contribution in [0.1, 0.15) is 31.1 Å². The normalized spacial score (nSPS) is 11.3. The Kier molecular flexibility index (Phi) is 4.64. The fourth-order valence-corrected chi connectivity index (χ4v) is 2.40. The predicted octanol–water partition coefficient (Wildman–Crippen LogP) is 1.62. The smallest absolute Gasteiger partial charge is 0.341 e. The number of carboxylic acids is 1. The largest absolute Gasteiger partial charge is 0.497 e. The van der Waals surface area contributed by atoms with Gasteiger partial charge in [0.25, 0.3) is 0 Å². The molecule has 0 bridgehead atoms. The quantitative estimate of drug-likeness (QED) is 0.887. The van der Waals surface area contributed by atoms with Gasteiger partial charge in [-0.15, -0.1) is 0 Å². The van der Waals surface area contributed by atoms with E-state index < -0.39 is 16.9 Å². The lowest BCUT2D eigenvalue weighted by Crippen LogP contribution is -2.42. The molecular weight excluding hydrogens is 312 g/mol. The minimum absolute atomic E-state index is 0.0966. The molecule has 0 unspecified atom stereocenters. The molecule has 0 aliphatic rings. The molecule has 1 heterocycles. The van der Waals surface area contributed by atoms with Crippen molar-refractivity contribution in [3.8, 4) is 5.75 Å². The molecule has 0 radical (unpaired) electrons. The number of carbonyl (C=O) groups is 2. The van der Waals surface area contributed by atoms with Crippen LogP contribution in [0, 0.1) is 0 Å². The molecular formula is C17H20N2O5. The Labute approximate surface area is 138 Å². The molecule has 2 aromatic rings. The van der Waals surface area contributed by atoms with Crippen molar-refractivity contribution in [1.82, 2.24) is 9.88 Å². The molecule has 7 nitrogen and oxygen atoms in total. The van der Waals surface area contributed by atoms with Crippen LogP contribution in [-0.4, -0.2) is 34.2 Å². The Morgan fingerprint density at radius 3 is 2.50 bits per heavy atom. The summed E-state index contributed by atoms with van der Waals surface area (Å²) in [5.74, 6) is -1.18. The number of nitrogens with one attached hydrogen (secondary N) is 1. The summed E-state index contributed by atoms with van der Waals surface area (Å²) in [6.07, 6.45) is 1.20. The number of fused-ring (bicyclic) bond motifs is 1. The lowest BCUT2D eigenvalue weighted by atomic mass is 10.1. The van der Waals surface area contributed by atoms with Crippen LogP contribution in [0.25, 0.3) is 10.9 Å². The lowest BCUT2D eigenvalue weighted by molar-refractivity contribution is -0.123. The van der Waals surface area contributed by atoms with Gasteiger partial charge in [0.05, 0.1) is 18.0 Å². The molecule has 24 heavy (non-hydrogen) atoms. The number of aromatic carboxylic acids is 1. The number of rotatable bonds is 4. The first kappa shape index (κ1) is 17.5. The van der Waals surface area contributed by atoms with E-state index in [1.807, 2.05) is 20.8 Å². The number of carboxylic acid groups (broad SMARTS) is 1. The van der Waals surface area contributed by atoms with Crippen molar-refractivity contribution in [2.24, 2.45) is 0 Å². The molecule has 1 amide bonds. The maximum absolute atomic E-state index is 12.4. The molecule has 2 N–H and O–H groups in total. The Bertz CT molecular complexity index is 862. The zero-order chi connectivity index (χ0) is 18.1. The van der Waals surface area contributed by atoms with Gasteiger partial charge in [-0.2, -0.15) is 0 Å². The second-order valence-corrected chi connectivity index (χ2v) is 6.49. The van der Waals surface area contributed by atoms with Gasteiger partial charge in [-0.1, -0.05) is 0 Å². The molecule has 7 heteroatoms. The predicted molar refractivity (Wildman–Crippen MR) is 89.6 cm³/mol. The Hall–Kier alpha value is -2.83. The molecule has 0 atom stereocenters. The van der Waals surface area contributed by atoms with E-state index in [0.29, 0.717) is 11.3 Å². The van der Waals surface area contributed by atoms with Gasteiger partial charge in [0, 0.05) is 11.7 Å². The minimum Gasteiger partial charge on any atom is -0.497 e. The Morgan fingerprint density at radius 1 is 1.29 bits per heavy atom. The summed E-state index contributed by atoms with van der Waals surface area (Å²) in [6, 6.07) is 4.76. The fourth-order valence-electron chi connectivity index (χ4n) is 2.40. The maximum Gasteiger partial charge on any atom is 0.341 e. The molecule has 0 aliphatic carbocycles. The first-order valence-electron chi connectivity index (χ1n) is 7.38. The number of benzene rings is 1. The molecule has 2 rings (SSSR count). The molecule has 0 aliphatic heterocycles. The summed E-state index contributed by atoms with van der Waals surface area (Å²) >= 11 is 0. The summed E-state index contributed by atoms with van der Waals surface area (Å²) in [7, 11) is 1.46. The van der Waals surface area contributed by atoms with Crippen LogP contribution >= 0.6 is 0 Å². The zero-order valence-electron chi connectivity index (χ0n) is 14.0. The van der Waals surface area contributed by atoms with Crippen molar-refractivity contribution < 1.29 is 19.4 Å². The van der Waals surface area contributed by atoms with E-state index >= 15 is 0 Å². The number of ether oxygens (including phenoxy) is 1. The first-order chi connectivity index (χ1) is 11.1. The van der Waals surface area contributed by atoms with E-state index in [9.17, 15) is 19.5 Å². The fraction of sp³-hybridized carbons (Fsp3) is 0.353. The Morgan fingerprint density at radius 2 is 1.96 bits per heavy atom. The molecule has 1 aromatic heterocycles. The molecule has 128 valence electrons. The third-order valence-corrected chi connectivity index (χ3v) is 3.35. The second kappa shape index (κ2) is 6.35. The van der Waals surface area contributed by atoms with Crippen molar-refractivity contribution in [2.75, 3.05) is 7.11 Å². The SMILES string of the molecule is COc1ccc2c(c1)c(=O)c(C(=O)O)cn2CC(=O)NC(C)(C)C. The van der Waals surface area contributed by atoms with Crippen molar-refractivity contribution in [2.45, 2.75) is 32.9 Å². The van der Waals surface area contributed by atoms with Gasteiger partial charge in [0.1, 0.15) is 17.9 Å². The standard InChI is InChI=1S/C17H20N2O5/c1-17(2,3)18-14(20)9-19-8-12(16(22)23)15(21)11-7-10(24-4)5-6-13(11)19/h5-8H,9H2,1-4H3,(H,18,20)(H,22,23). The monoisotopic (exact) mass is 332 g/mol. The molecule has 0 saturated carbocycles. The number of amides is 1. The van der Waals surface area contributed by atoms with Crippen LogP contribution < -0.4 is 15.5 Å². The van der Waals surface area contributed by atoms with E-state index in [-0.39, 0.29) is 23.4 Å². The second-order valence-electron chi connectivity index (χ2n) is 6.49. The highest BCUT2D eigenvalue weighted by atomic mass is 16.5. The molecule has 0 spiro atoms. The first-order valence-corrected chi connectivity index (χ1v) is 7.38. The molecule has 0 fully saturated rings. The highest BCUT2D eigenvalue weighted by Crippen LogP contribution is 2.19. The van der Waals surface area contributed by atoms with E-state index in [0.717, 1.165) is 0 Å². The topological polar surface area (TPSA) is 97.6 Å². The molecule has 0 saturated heterocycles. The van der Waals surface area contributed by atoms with E-state index in [1.54, 1.807) is 12.1 Å². The third kappa shape index (κ3) is 3.73. The van der Waals surface area contributed by atoms with E-state index in [4.69, 9.17) is 4.74 Å². The third-order valence-electron chi connectivity index (χ3n) is 3.35. The summed E-state index contributed by atoms with van der Waals surface area (Å²) in [6.45, 7) is 5.45. The number of hydrogen-bond donors (Lipinski definition) is 2. The van der Waals surface area contributed by atoms with Gasteiger partial charge >= 0.3 is 5.97 Å². The number of pyridine rings is 1. The van der Waals surface area contributed by atoms with Gasteiger partial charge < -0.3 is 19.7 Å². The van der Waals surface area contributed by atoms with Crippen molar-refractivity contribution in [3.05, 3.63) is 40.2 Å². The highest BCUT2D eigenvalue weighted by molar-refractivity contribution is 5.93. The van der Waals surface area contributed by atoms with Crippen LogP contribution in [0.5, 0.6) is 5.75 Å². The summed E-state index contributed by atoms with van der Waals surface area (Å²) in [4.78, 5) is 35.9. The number of hydrogen-bond acceptors (Lipinski definition) is 4. The van der Waals surface area contributed by atoms with Crippen molar-refractivity contribution in [3.63, 3.8) is 0 Å². The van der Waals surface area contributed by atoms with Crippen molar-refractivity contribution >= 4 is 22.8 Å². The van der Waals surface area contributed by atoms with Crippen LogP contribution in [0.2, 0.25) is 0 Å². The van der Waals surface area contributed by atoms with Crippen LogP contribution in [-0.2, 0) is 11.3 Å². The van der Waals surface area contributed by atoms with Crippen LogP contribution in [0.15, 0.2) is 29.2 Å². The zero-order valence-corrected chi connectivity index (χ0v) is 14.0. The number of methoxy groups -OCH3 is 1. The van der Waals surface area contributed by atoms with E-state index in [2.05, 4.69) is 5.32 Å². The summed E-state index contributed by atoms with van der Waals surface area (Å²) in [5.41, 5.74) is -0.942. The number of carbonyl (C=O) groups excluding carboxylic acids is 1. The van der Waals surface area contributed by atoms with Gasteiger partial charge in [-0.05, 0) is 39.0 Å². The average molecular weight is 332 g/mol. The van der Waals surface area contributed by atoms with E-state index in [1.165, 1.54) is 23.9 Å². The number of aromatic nitrogens is 1. The van der Waals surface area contributed by atoms with Crippen molar-refractivity contribution in [1.29, 1.82) is 0 Å². The Balaban J connectivity index is 2.60. The molecule has 1 aromatic carbocycles. The van der Waals surface area contributed by atoms with Gasteiger partial charge in [-0.25, -0.2) is 4.79 Å². The van der Waals surface area contributed by atoms with Gasteiger partial charge in [-0.3, -0.25) is 9.59 Å². The highest BCUT2D eigenvalue weighted by Gasteiger charge is 2.18. The number of nitrogens with zero attached hydrogens (tertiary/aromatic N) is 1. The maximum atomic E-state index is 12.4. The van der Waals surface area contributed by atoms with Gasteiger partial charge in [0.15, 0.2) is 0 Å². The minimum atomic E-state index is -1.34.